The number of para-hydroxylation sites is 1. The number of carbonyl (C=O) groups excluding carboxylic acids is 1. The Hall–Kier alpha value is -3.20. The van der Waals surface area contributed by atoms with Crippen LogP contribution in [-0.4, -0.2) is 39.6 Å². The van der Waals surface area contributed by atoms with Crippen LogP contribution < -0.4 is 19.5 Å². The number of aromatic nitrogens is 3. The number of benzene rings is 2. The van der Waals surface area contributed by atoms with Crippen molar-refractivity contribution in [2.75, 3.05) is 24.3 Å². The van der Waals surface area contributed by atoms with Crippen LogP contribution >= 0.6 is 11.8 Å². The summed E-state index contributed by atoms with van der Waals surface area (Å²) >= 11 is 1.36. The molecule has 1 aromatic heterocycles. The van der Waals surface area contributed by atoms with E-state index >= 15 is 0 Å². The second-order valence-corrected chi connectivity index (χ2v) is 9.14. The molecule has 8 nitrogen and oxygen atoms in total. The van der Waals surface area contributed by atoms with Gasteiger partial charge in [0.25, 0.3) is 0 Å². The van der Waals surface area contributed by atoms with E-state index in [0.29, 0.717) is 48.1 Å². The number of nitrogens with one attached hydrogen (secondary N) is 1. The second kappa shape index (κ2) is 13.6. The number of ether oxygens (including phenoxy) is 3. The highest BCUT2D eigenvalue weighted by atomic mass is 32.2. The van der Waals surface area contributed by atoms with Crippen molar-refractivity contribution in [3.8, 4) is 17.2 Å². The van der Waals surface area contributed by atoms with Gasteiger partial charge in [0.1, 0.15) is 12.4 Å². The van der Waals surface area contributed by atoms with Crippen LogP contribution in [0.4, 0.5) is 5.69 Å². The molecular formula is C26H34N4O4S. The first-order chi connectivity index (χ1) is 17.0. The van der Waals surface area contributed by atoms with E-state index in [-0.39, 0.29) is 11.7 Å². The molecule has 1 N–H and O–H groups in total. The summed E-state index contributed by atoms with van der Waals surface area (Å²) in [6, 6.07) is 15.0. The summed E-state index contributed by atoms with van der Waals surface area (Å²) in [4.78, 5) is 12.7. The molecule has 0 fully saturated rings. The summed E-state index contributed by atoms with van der Waals surface area (Å²) in [5.41, 5.74) is 0.653. The maximum Gasteiger partial charge on any atom is 0.234 e. The largest absolute Gasteiger partial charge is 0.490 e. The van der Waals surface area contributed by atoms with Crippen molar-refractivity contribution < 1.29 is 19.0 Å². The Kier molecular flexibility index (Phi) is 10.3. The smallest absolute Gasteiger partial charge is 0.234 e. The van der Waals surface area contributed by atoms with Gasteiger partial charge in [0.15, 0.2) is 22.5 Å². The van der Waals surface area contributed by atoms with Crippen LogP contribution in [0.5, 0.6) is 17.2 Å². The zero-order chi connectivity index (χ0) is 25.0. The number of amides is 1. The predicted octanol–water partition coefficient (Wildman–Crippen LogP) is 5.43. The predicted molar refractivity (Wildman–Crippen MR) is 138 cm³/mol. The molecule has 3 aromatic rings. The first kappa shape index (κ1) is 26.4. The quantitative estimate of drug-likeness (QED) is 0.297. The van der Waals surface area contributed by atoms with E-state index < -0.39 is 0 Å². The van der Waals surface area contributed by atoms with Gasteiger partial charge < -0.3 is 24.1 Å². The molecule has 0 aliphatic heterocycles. The topological polar surface area (TPSA) is 87.5 Å². The van der Waals surface area contributed by atoms with Crippen molar-refractivity contribution in [2.24, 2.45) is 5.92 Å². The number of nitrogens with zero attached hydrogens (tertiary/aromatic N) is 3. The van der Waals surface area contributed by atoms with Gasteiger partial charge in [-0.25, -0.2) is 0 Å². The number of hydrogen-bond acceptors (Lipinski definition) is 7. The molecule has 1 amide bonds. The van der Waals surface area contributed by atoms with Gasteiger partial charge in [-0.2, -0.15) is 0 Å². The zero-order valence-corrected chi connectivity index (χ0v) is 21.6. The van der Waals surface area contributed by atoms with E-state index in [1.807, 2.05) is 48.7 Å². The van der Waals surface area contributed by atoms with E-state index in [1.165, 1.54) is 11.8 Å². The van der Waals surface area contributed by atoms with E-state index in [1.54, 1.807) is 18.2 Å². The average molecular weight is 499 g/mol. The lowest BCUT2D eigenvalue weighted by atomic mass is 10.1. The number of rotatable bonds is 14. The molecule has 35 heavy (non-hydrogen) atoms. The van der Waals surface area contributed by atoms with Crippen molar-refractivity contribution in [3.05, 3.63) is 54.4 Å². The third kappa shape index (κ3) is 8.20. The normalized spacial score (nSPS) is 10.9. The minimum Gasteiger partial charge on any atom is -0.490 e. The van der Waals surface area contributed by atoms with Gasteiger partial charge in [-0.15, -0.1) is 10.2 Å². The van der Waals surface area contributed by atoms with Crippen LogP contribution in [0.2, 0.25) is 0 Å². The highest BCUT2D eigenvalue weighted by Crippen LogP contribution is 2.31. The number of thioether (sulfide) groups is 1. The molecule has 0 unspecified atom stereocenters. The van der Waals surface area contributed by atoms with Gasteiger partial charge in [0.2, 0.25) is 5.91 Å². The van der Waals surface area contributed by atoms with E-state index in [0.717, 1.165) is 24.5 Å². The fraction of sp³-hybridized carbons (Fsp3) is 0.423. The van der Waals surface area contributed by atoms with E-state index in [2.05, 4.69) is 29.4 Å². The fourth-order valence-corrected chi connectivity index (χ4v) is 4.05. The van der Waals surface area contributed by atoms with Gasteiger partial charge >= 0.3 is 0 Å². The summed E-state index contributed by atoms with van der Waals surface area (Å²) in [6.45, 7) is 10.3. The van der Waals surface area contributed by atoms with Crippen molar-refractivity contribution in [2.45, 2.75) is 52.4 Å². The van der Waals surface area contributed by atoms with Crippen LogP contribution in [0.3, 0.4) is 0 Å². The lowest BCUT2D eigenvalue weighted by molar-refractivity contribution is -0.113. The summed E-state index contributed by atoms with van der Waals surface area (Å²) < 4.78 is 19.2. The molecule has 0 aliphatic carbocycles. The molecule has 1 heterocycles. The highest BCUT2D eigenvalue weighted by molar-refractivity contribution is 7.99. The first-order valence-corrected chi connectivity index (χ1v) is 12.9. The molecule has 0 aliphatic rings. The second-order valence-electron chi connectivity index (χ2n) is 8.20. The van der Waals surface area contributed by atoms with E-state index in [9.17, 15) is 4.79 Å². The SMILES string of the molecule is CCOc1ccc(NC(=O)CSc2nnc(COc3ccccc3)n2CCC(C)C)cc1OCC. The average Bonchev–Trinajstić information content (AvgIpc) is 3.24. The molecule has 0 saturated heterocycles. The molecule has 188 valence electrons. The minimum absolute atomic E-state index is 0.137. The van der Waals surface area contributed by atoms with Crippen LogP contribution in [0.1, 0.15) is 39.9 Å². The summed E-state index contributed by atoms with van der Waals surface area (Å²) in [5.74, 6) is 3.38. The molecule has 2 aromatic carbocycles. The monoisotopic (exact) mass is 498 g/mol. The Morgan fingerprint density at radius 3 is 2.46 bits per heavy atom. The summed E-state index contributed by atoms with van der Waals surface area (Å²) in [7, 11) is 0. The van der Waals surface area contributed by atoms with Crippen molar-refractivity contribution in [1.29, 1.82) is 0 Å². The first-order valence-electron chi connectivity index (χ1n) is 11.9. The fourth-order valence-electron chi connectivity index (χ4n) is 3.27. The van der Waals surface area contributed by atoms with Crippen LogP contribution in [0.15, 0.2) is 53.7 Å². The molecule has 3 rings (SSSR count). The number of carbonyl (C=O) groups is 1. The third-order valence-electron chi connectivity index (χ3n) is 4.99. The highest BCUT2D eigenvalue weighted by Gasteiger charge is 2.16. The lowest BCUT2D eigenvalue weighted by Crippen LogP contribution is -2.15. The molecule has 9 heteroatoms. The van der Waals surface area contributed by atoms with Crippen LogP contribution in [-0.2, 0) is 17.9 Å². The molecule has 0 atom stereocenters. The zero-order valence-electron chi connectivity index (χ0n) is 20.8. The Balaban J connectivity index is 1.63. The van der Waals surface area contributed by atoms with Gasteiger partial charge in [-0.1, -0.05) is 43.8 Å². The van der Waals surface area contributed by atoms with Gasteiger partial charge in [-0.05, 0) is 50.5 Å². The van der Waals surface area contributed by atoms with Gasteiger partial charge in [0, 0.05) is 18.3 Å². The van der Waals surface area contributed by atoms with Crippen LogP contribution in [0.25, 0.3) is 0 Å². The molecule has 0 radical (unpaired) electrons. The van der Waals surface area contributed by atoms with Crippen molar-refractivity contribution in [3.63, 3.8) is 0 Å². The molecule has 0 bridgehead atoms. The van der Waals surface area contributed by atoms with Crippen molar-refractivity contribution >= 4 is 23.4 Å². The lowest BCUT2D eigenvalue weighted by Gasteiger charge is -2.13. The molecule has 0 saturated carbocycles. The third-order valence-corrected chi connectivity index (χ3v) is 5.96. The van der Waals surface area contributed by atoms with Crippen LogP contribution in [0, 0.1) is 5.92 Å². The van der Waals surface area contributed by atoms with E-state index in [4.69, 9.17) is 14.2 Å². The number of hydrogen-bond donors (Lipinski definition) is 1. The standard InChI is InChI=1S/C26H34N4O4S/c1-5-32-22-13-12-20(16-23(22)33-6-2)27-25(31)18-35-26-29-28-24(30(26)15-14-19(3)4)17-34-21-10-8-7-9-11-21/h7-13,16,19H,5-6,14-15,17-18H2,1-4H3,(H,27,31). The maximum absolute atomic E-state index is 12.7. The number of anilines is 1. The Morgan fingerprint density at radius 1 is 1.00 bits per heavy atom. The Labute approximate surface area is 211 Å². The molecule has 0 spiro atoms. The summed E-state index contributed by atoms with van der Waals surface area (Å²) in [5, 5.41) is 12.3. The maximum atomic E-state index is 12.7. The van der Waals surface area contributed by atoms with Gasteiger partial charge in [-0.3, -0.25) is 4.79 Å². The Bertz CT molecular complexity index is 1070. The summed E-state index contributed by atoms with van der Waals surface area (Å²) in [6.07, 6.45) is 0.975. The molecular weight excluding hydrogens is 464 g/mol. The Morgan fingerprint density at radius 2 is 1.74 bits per heavy atom. The van der Waals surface area contributed by atoms with Gasteiger partial charge in [0.05, 0.1) is 19.0 Å². The van der Waals surface area contributed by atoms with Crippen molar-refractivity contribution in [1.82, 2.24) is 14.8 Å². The minimum atomic E-state index is -0.137.